The molecule has 6 nitrogen and oxygen atoms in total. The first kappa shape index (κ1) is 19.7. The van der Waals surface area contributed by atoms with Gasteiger partial charge in [0.25, 0.3) is 0 Å². The standard InChI is InChI=1S/C20H25ClN2O4/c1-12(2)20(19(26)27)7-8-23(11-20)18(25)15-10-16(24)22(3)17(15)13-5-4-6-14(21)9-13/h4-6,9,12,15,17H,7-8,10-11H2,1-3H3,(H,26,27). The highest BCUT2D eigenvalue weighted by Gasteiger charge is 2.51. The van der Waals surface area contributed by atoms with Gasteiger partial charge < -0.3 is 14.9 Å². The summed E-state index contributed by atoms with van der Waals surface area (Å²) in [5.74, 6) is -1.71. The maximum atomic E-state index is 13.3. The topological polar surface area (TPSA) is 77.9 Å². The molecule has 2 aliphatic rings. The molecular formula is C20H25ClN2O4. The van der Waals surface area contributed by atoms with Crippen LogP contribution in [0.3, 0.4) is 0 Å². The molecule has 1 aromatic rings. The maximum absolute atomic E-state index is 13.3. The van der Waals surface area contributed by atoms with Crippen LogP contribution in [0.5, 0.6) is 0 Å². The molecule has 2 fully saturated rings. The molecule has 0 aromatic heterocycles. The smallest absolute Gasteiger partial charge is 0.311 e. The highest BCUT2D eigenvalue weighted by molar-refractivity contribution is 6.30. The van der Waals surface area contributed by atoms with Crippen LogP contribution in [0.2, 0.25) is 5.02 Å². The zero-order valence-electron chi connectivity index (χ0n) is 15.8. The number of amides is 2. The molecule has 0 radical (unpaired) electrons. The number of carbonyl (C=O) groups is 3. The number of hydrogen-bond acceptors (Lipinski definition) is 3. The largest absolute Gasteiger partial charge is 0.481 e. The third-order valence-electron chi connectivity index (χ3n) is 6.24. The molecule has 0 aliphatic carbocycles. The number of carboxylic acids is 1. The normalized spacial score (nSPS) is 28.3. The number of hydrogen-bond donors (Lipinski definition) is 1. The molecule has 146 valence electrons. The first-order chi connectivity index (χ1) is 12.7. The van der Waals surface area contributed by atoms with Crippen LogP contribution < -0.4 is 0 Å². The molecule has 0 spiro atoms. The molecule has 3 unspecified atom stereocenters. The number of benzene rings is 1. The van der Waals surface area contributed by atoms with Crippen molar-refractivity contribution in [2.45, 2.75) is 32.7 Å². The summed E-state index contributed by atoms with van der Waals surface area (Å²) in [5, 5.41) is 10.3. The van der Waals surface area contributed by atoms with E-state index < -0.39 is 17.3 Å². The minimum absolute atomic E-state index is 0.0792. The average Bonchev–Trinajstić information content (AvgIpc) is 3.18. The number of carbonyl (C=O) groups excluding carboxylic acids is 2. The van der Waals surface area contributed by atoms with Crippen molar-refractivity contribution in [1.29, 1.82) is 0 Å². The van der Waals surface area contributed by atoms with Gasteiger partial charge in [-0.25, -0.2) is 0 Å². The second kappa shape index (κ2) is 7.15. The number of halogens is 1. The molecule has 1 N–H and O–H groups in total. The van der Waals surface area contributed by atoms with Crippen LogP contribution in [-0.4, -0.2) is 52.8 Å². The van der Waals surface area contributed by atoms with E-state index in [0.29, 0.717) is 18.0 Å². The Morgan fingerprint density at radius 1 is 1.33 bits per heavy atom. The predicted molar refractivity (Wildman–Crippen MR) is 101 cm³/mol. The molecule has 2 saturated heterocycles. The van der Waals surface area contributed by atoms with Gasteiger partial charge in [0.2, 0.25) is 11.8 Å². The van der Waals surface area contributed by atoms with E-state index in [1.54, 1.807) is 35.0 Å². The third kappa shape index (κ3) is 3.31. The summed E-state index contributed by atoms with van der Waals surface area (Å²) in [6, 6.07) is 6.82. The Kier molecular flexibility index (Phi) is 5.21. The third-order valence-corrected chi connectivity index (χ3v) is 6.47. The van der Waals surface area contributed by atoms with Crippen molar-refractivity contribution in [3.05, 3.63) is 34.9 Å². The molecule has 3 atom stereocenters. The molecule has 2 aliphatic heterocycles. The van der Waals surface area contributed by atoms with Crippen LogP contribution in [0, 0.1) is 17.3 Å². The molecule has 1 aromatic carbocycles. The minimum atomic E-state index is -0.921. The van der Waals surface area contributed by atoms with E-state index >= 15 is 0 Å². The molecule has 0 saturated carbocycles. The van der Waals surface area contributed by atoms with Crippen LogP contribution in [0.1, 0.15) is 38.3 Å². The van der Waals surface area contributed by atoms with E-state index in [9.17, 15) is 19.5 Å². The Hall–Kier alpha value is -2.08. The van der Waals surface area contributed by atoms with Crippen LogP contribution >= 0.6 is 11.6 Å². The fourth-order valence-corrected chi connectivity index (χ4v) is 4.58. The van der Waals surface area contributed by atoms with Gasteiger partial charge in [-0.05, 0) is 30.0 Å². The molecule has 27 heavy (non-hydrogen) atoms. The van der Waals surface area contributed by atoms with Crippen molar-refractivity contribution in [2.75, 3.05) is 20.1 Å². The SMILES string of the molecule is CC(C)C1(C(=O)O)CCN(C(=O)C2CC(=O)N(C)C2c2cccc(Cl)c2)C1. The number of carboxylic acid groups (broad SMARTS) is 1. The van der Waals surface area contributed by atoms with E-state index in [0.717, 1.165) is 5.56 Å². The van der Waals surface area contributed by atoms with Crippen LogP contribution in [0.25, 0.3) is 0 Å². The Balaban J connectivity index is 1.87. The van der Waals surface area contributed by atoms with Gasteiger partial charge in [-0.15, -0.1) is 0 Å². The number of rotatable bonds is 4. The zero-order chi connectivity index (χ0) is 19.9. The van der Waals surface area contributed by atoms with Crippen molar-refractivity contribution >= 4 is 29.4 Å². The summed E-state index contributed by atoms with van der Waals surface area (Å²) in [7, 11) is 1.70. The molecule has 7 heteroatoms. The fraction of sp³-hybridized carbons (Fsp3) is 0.550. The summed E-state index contributed by atoms with van der Waals surface area (Å²) in [4.78, 5) is 40.7. The lowest BCUT2D eigenvalue weighted by atomic mass is 9.76. The van der Waals surface area contributed by atoms with Gasteiger partial charge in [0.15, 0.2) is 0 Å². The molecule has 0 bridgehead atoms. The molecule has 2 amide bonds. The van der Waals surface area contributed by atoms with E-state index in [4.69, 9.17) is 11.6 Å². The second-order valence-electron chi connectivity index (χ2n) is 7.94. The van der Waals surface area contributed by atoms with Gasteiger partial charge in [0, 0.05) is 31.6 Å². The van der Waals surface area contributed by atoms with E-state index in [1.165, 1.54) is 0 Å². The van der Waals surface area contributed by atoms with Gasteiger partial charge in [-0.2, -0.15) is 0 Å². The summed E-state index contributed by atoms with van der Waals surface area (Å²) in [6.45, 7) is 4.35. The average molecular weight is 393 g/mol. The summed E-state index contributed by atoms with van der Waals surface area (Å²) in [6.07, 6.45) is 0.564. The van der Waals surface area contributed by atoms with Crippen molar-refractivity contribution in [3.63, 3.8) is 0 Å². The summed E-state index contributed by atoms with van der Waals surface area (Å²) < 4.78 is 0. The van der Waals surface area contributed by atoms with E-state index in [1.807, 2.05) is 19.9 Å². The maximum Gasteiger partial charge on any atom is 0.311 e. The molecule has 2 heterocycles. The van der Waals surface area contributed by atoms with Crippen LogP contribution in [-0.2, 0) is 14.4 Å². The van der Waals surface area contributed by atoms with Crippen molar-refractivity contribution in [3.8, 4) is 0 Å². The lowest BCUT2D eigenvalue weighted by Crippen LogP contribution is -2.42. The lowest BCUT2D eigenvalue weighted by molar-refractivity contribution is -0.151. The van der Waals surface area contributed by atoms with Crippen molar-refractivity contribution in [1.82, 2.24) is 9.80 Å². The Morgan fingerprint density at radius 3 is 2.59 bits per heavy atom. The van der Waals surface area contributed by atoms with E-state index in [-0.39, 0.29) is 36.7 Å². The number of nitrogens with zero attached hydrogens (tertiary/aromatic N) is 2. The predicted octanol–water partition coefficient (Wildman–Crippen LogP) is 2.82. The molecule has 3 rings (SSSR count). The zero-order valence-corrected chi connectivity index (χ0v) is 16.6. The van der Waals surface area contributed by atoms with Crippen LogP contribution in [0.4, 0.5) is 0 Å². The van der Waals surface area contributed by atoms with E-state index in [2.05, 4.69) is 0 Å². The van der Waals surface area contributed by atoms with Crippen molar-refractivity contribution in [2.24, 2.45) is 17.3 Å². The summed E-state index contributed by atoms with van der Waals surface area (Å²) in [5.41, 5.74) is -0.0998. The first-order valence-electron chi connectivity index (χ1n) is 9.20. The van der Waals surface area contributed by atoms with Gasteiger partial charge in [0.05, 0.1) is 17.4 Å². The van der Waals surface area contributed by atoms with Gasteiger partial charge in [-0.3, -0.25) is 14.4 Å². The molecular weight excluding hydrogens is 368 g/mol. The Morgan fingerprint density at radius 2 is 2.04 bits per heavy atom. The minimum Gasteiger partial charge on any atom is -0.481 e. The first-order valence-corrected chi connectivity index (χ1v) is 9.58. The van der Waals surface area contributed by atoms with Gasteiger partial charge >= 0.3 is 5.97 Å². The van der Waals surface area contributed by atoms with Gasteiger partial charge in [0.1, 0.15) is 0 Å². The van der Waals surface area contributed by atoms with Crippen LogP contribution in [0.15, 0.2) is 24.3 Å². The number of likely N-dealkylation sites (tertiary alicyclic amines) is 2. The monoisotopic (exact) mass is 392 g/mol. The highest BCUT2D eigenvalue weighted by Crippen LogP contribution is 2.43. The quantitative estimate of drug-likeness (QED) is 0.854. The van der Waals surface area contributed by atoms with Crippen molar-refractivity contribution < 1.29 is 19.5 Å². The summed E-state index contributed by atoms with van der Waals surface area (Å²) >= 11 is 6.10. The number of aliphatic carboxylic acids is 1. The second-order valence-corrected chi connectivity index (χ2v) is 8.38. The highest BCUT2D eigenvalue weighted by atomic mass is 35.5. The lowest BCUT2D eigenvalue weighted by Gasteiger charge is -2.31. The Bertz CT molecular complexity index is 781. The van der Waals surface area contributed by atoms with Gasteiger partial charge in [-0.1, -0.05) is 37.6 Å². The fourth-order valence-electron chi connectivity index (χ4n) is 4.39. The Labute approximate surface area is 164 Å².